The first-order valence-corrected chi connectivity index (χ1v) is 7.11. The maximum Gasteiger partial charge on any atom is 0.203 e. The molecule has 0 aliphatic heterocycles. The van der Waals surface area contributed by atoms with Gasteiger partial charge in [-0.3, -0.25) is 5.43 Å². The molecule has 3 aromatic rings. The lowest BCUT2D eigenvalue weighted by Crippen LogP contribution is -1.89. The van der Waals surface area contributed by atoms with Crippen molar-refractivity contribution in [2.75, 3.05) is 5.43 Å². The number of furan rings is 1. The average molecular weight is 385 g/mol. The molecule has 0 fully saturated rings. The van der Waals surface area contributed by atoms with Gasteiger partial charge in [0.05, 0.1) is 18.2 Å². The Bertz CT molecular complexity index is 710. The molecule has 1 aromatic carbocycles. The Balaban J connectivity index is 0.00000161. The van der Waals surface area contributed by atoms with Crippen LogP contribution in [0.5, 0.6) is 0 Å². The number of halogens is 2. The zero-order valence-corrected chi connectivity index (χ0v) is 14.0. The third-order valence-corrected chi connectivity index (χ3v) is 3.54. The van der Waals surface area contributed by atoms with E-state index >= 15 is 0 Å². The standard InChI is InChI=1S/C14H10ClN3OS.BrH/c15-11-5-3-10(4-6-11)13-9-20-14(17-13)18-16-8-12-2-1-7-19-12;/h1-9H,(H,17,18);1H/b16-8-;. The van der Waals surface area contributed by atoms with E-state index in [0.29, 0.717) is 10.8 Å². The van der Waals surface area contributed by atoms with Crippen molar-refractivity contribution in [3.05, 3.63) is 58.8 Å². The van der Waals surface area contributed by atoms with E-state index in [0.717, 1.165) is 16.4 Å². The van der Waals surface area contributed by atoms with Gasteiger partial charge in [-0.25, -0.2) is 4.98 Å². The summed E-state index contributed by atoms with van der Waals surface area (Å²) in [7, 11) is 0. The molecule has 0 radical (unpaired) electrons. The minimum atomic E-state index is 0. The lowest BCUT2D eigenvalue weighted by Gasteiger charge is -1.96. The molecule has 0 saturated heterocycles. The minimum absolute atomic E-state index is 0. The first kappa shape index (κ1) is 15.8. The van der Waals surface area contributed by atoms with Gasteiger partial charge in [-0.15, -0.1) is 28.3 Å². The largest absolute Gasteiger partial charge is 0.463 e. The number of nitrogens with zero attached hydrogens (tertiary/aromatic N) is 2. The molecule has 3 rings (SSSR count). The highest BCUT2D eigenvalue weighted by Gasteiger charge is 2.03. The molecule has 0 spiro atoms. The quantitative estimate of drug-likeness (QED) is 0.504. The van der Waals surface area contributed by atoms with Gasteiger partial charge in [0.1, 0.15) is 5.76 Å². The minimum Gasteiger partial charge on any atom is -0.463 e. The van der Waals surface area contributed by atoms with E-state index in [4.69, 9.17) is 16.0 Å². The topological polar surface area (TPSA) is 50.4 Å². The molecule has 4 nitrogen and oxygen atoms in total. The van der Waals surface area contributed by atoms with Gasteiger partial charge in [-0.2, -0.15) is 5.10 Å². The van der Waals surface area contributed by atoms with Gasteiger partial charge in [-0.1, -0.05) is 23.7 Å². The first-order valence-electron chi connectivity index (χ1n) is 5.85. The SMILES string of the molecule is Br.Clc1ccc(-c2csc(N/N=C\c3ccco3)n2)cc1. The lowest BCUT2D eigenvalue weighted by atomic mass is 10.2. The Kier molecular flexibility index (Phi) is 5.55. The molecule has 0 saturated carbocycles. The van der Waals surface area contributed by atoms with Gasteiger partial charge in [-0.05, 0) is 24.3 Å². The summed E-state index contributed by atoms with van der Waals surface area (Å²) in [5, 5.41) is 7.46. The van der Waals surface area contributed by atoms with Crippen LogP contribution in [0.4, 0.5) is 5.13 Å². The van der Waals surface area contributed by atoms with Crippen LogP contribution in [0, 0.1) is 0 Å². The summed E-state index contributed by atoms with van der Waals surface area (Å²) in [6, 6.07) is 11.2. The van der Waals surface area contributed by atoms with E-state index in [-0.39, 0.29) is 17.0 Å². The molecule has 0 aliphatic carbocycles. The fourth-order valence-corrected chi connectivity index (χ4v) is 2.39. The predicted octanol–water partition coefficient (Wildman–Crippen LogP) is 5.08. The highest BCUT2D eigenvalue weighted by molar-refractivity contribution is 8.93. The number of nitrogens with one attached hydrogen (secondary N) is 1. The predicted molar refractivity (Wildman–Crippen MR) is 92.8 cm³/mol. The molecule has 108 valence electrons. The van der Waals surface area contributed by atoms with Crippen LogP contribution < -0.4 is 5.43 Å². The number of thiazole rings is 1. The molecule has 1 N–H and O–H groups in total. The summed E-state index contributed by atoms with van der Waals surface area (Å²) in [5.41, 5.74) is 4.79. The molecule has 0 bridgehead atoms. The fourth-order valence-electron chi connectivity index (χ4n) is 1.59. The zero-order chi connectivity index (χ0) is 13.8. The second-order valence-electron chi connectivity index (χ2n) is 3.93. The van der Waals surface area contributed by atoms with Crippen molar-refractivity contribution in [2.45, 2.75) is 0 Å². The molecular formula is C14H11BrClN3OS. The Morgan fingerprint density at radius 3 is 2.76 bits per heavy atom. The van der Waals surface area contributed by atoms with Crippen LogP contribution in [-0.4, -0.2) is 11.2 Å². The van der Waals surface area contributed by atoms with Gasteiger partial charge in [0.15, 0.2) is 0 Å². The van der Waals surface area contributed by atoms with Crippen molar-refractivity contribution in [1.29, 1.82) is 0 Å². The number of rotatable bonds is 4. The normalized spacial score (nSPS) is 10.5. The Morgan fingerprint density at radius 1 is 1.24 bits per heavy atom. The number of aromatic nitrogens is 1. The first-order chi connectivity index (χ1) is 9.81. The molecule has 2 heterocycles. The van der Waals surface area contributed by atoms with Crippen LogP contribution in [0.25, 0.3) is 11.3 Å². The number of hydrogen-bond donors (Lipinski definition) is 1. The van der Waals surface area contributed by atoms with E-state index in [1.165, 1.54) is 11.3 Å². The van der Waals surface area contributed by atoms with Gasteiger partial charge >= 0.3 is 0 Å². The highest BCUT2D eigenvalue weighted by Crippen LogP contribution is 2.25. The number of anilines is 1. The highest BCUT2D eigenvalue weighted by atomic mass is 79.9. The van der Waals surface area contributed by atoms with Crippen LogP contribution in [0.3, 0.4) is 0 Å². The van der Waals surface area contributed by atoms with Gasteiger partial charge < -0.3 is 4.42 Å². The molecule has 2 aromatic heterocycles. The molecule has 0 aliphatic rings. The summed E-state index contributed by atoms with van der Waals surface area (Å²) in [4.78, 5) is 4.45. The summed E-state index contributed by atoms with van der Waals surface area (Å²) in [6.45, 7) is 0. The summed E-state index contributed by atoms with van der Waals surface area (Å²) in [5.74, 6) is 0.687. The molecule has 0 atom stereocenters. The van der Waals surface area contributed by atoms with Crippen molar-refractivity contribution in [2.24, 2.45) is 5.10 Å². The Hall–Kier alpha value is -1.63. The third kappa shape index (κ3) is 4.17. The molecular weight excluding hydrogens is 374 g/mol. The fraction of sp³-hybridized carbons (Fsp3) is 0. The van der Waals surface area contributed by atoms with Crippen molar-refractivity contribution >= 4 is 51.3 Å². The smallest absolute Gasteiger partial charge is 0.203 e. The summed E-state index contributed by atoms with van der Waals surface area (Å²) in [6.07, 6.45) is 3.20. The van der Waals surface area contributed by atoms with Crippen molar-refractivity contribution < 1.29 is 4.42 Å². The van der Waals surface area contributed by atoms with Crippen molar-refractivity contribution in [3.63, 3.8) is 0 Å². The molecule has 7 heteroatoms. The Labute approximate surface area is 141 Å². The summed E-state index contributed by atoms with van der Waals surface area (Å²) >= 11 is 7.35. The van der Waals surface area contributed by atoms with Gasteiger partial charge in [0.25, 0.3) is 0 Å². The van der Waals surface area contributed by atoms with E-state index in [9.17, 15) is 0 Å². The number of benzene rings is 1. The van der Waals surface area contributed by atoms with Crippen LogP contribution in [-0.2, 0) is 0 Å². The average Bonchev–Trinajstić information content (AvgIpc) is 3.11. The Morgan fingerprint density at radius 2 is 2.05 bits per heavy atom. The van der Waals surface area contributed by atoms with Crippen molar-refractivity contribution in [1.82, 2.24) is 4.98 Å². The second kappa shape index (κ2) is 7.40. The van der Waals surface area contributed by atoms with Crippen LogP contribution in [0.2, 0.25) is 5.02 Å². The lowest BCUT2D eigenvalue weighted by molar-refractivity contribution is 0.560. The van der Waals surface area contributed by atoms with Gasteiger partial charge in [0.2, 0.25) is 5.13 Å². The van der Waals surface area contributed by atoms with E-state index in [1.54, 1.807) is 12.5 Å². The molecule has 0 unspecified atom stereocenters. The van der Waals surface area contributed by atoms with E-state index in [1.807, 2.05) is 41.8 Å². The van der Waals surface area contributed by atoms with Crippen molar-refractivity contribution in [3.8, 4) is 11.3 Å². The number of hydrogen-bond acceptors (Lipinski definition) is 5. The van der Waals surface area contributed by atoms with Crippen LogP contribution >= 0.6 is 39.9 Å². The molecule has 0 amide bonds. The van der Waals surface area contributed by atoms with Crippen LogP contribution in [0.15, 0.2) is 57.6 Å². The number of hydrazone groups is 1. The zero-order valence-electron chi connectivity index (χ0n) is 10.7. The van der Waals surface area contributed by atoms with Gasteiger partial charge in [0, 0.05) is 16.0 Å². The van der Waals surface area contributed by atoms with E-state index < -0.39 is 0 Å². The maximum absolute atomic E-state index is 5.86. The molecule has 21 heavy (non-hydrogen) atoms. The summed E-state index contributed by atoms with van der Waals surface area (Å²) < 4.78 is 5.14. The second-order valence-corrected chi connectivity index (χ2v) is 5.22. The monoisotopic (exact) mass is 383 g/mol. The third-order valence-electron chi connectivity index (χ3n) is 2.54. The maximum atomic E-state index is 5.86. The van der Waals surface area contributed by atoms with E-state index in [2.05, 4.69) is 15.5 Å². The van der Waals surface area contributed by atoms with Crippen LogP contribution in [0.1, 0.15) is 5.76 Å².